The first kappa shape index (κ1) is 33.3. The van der Waals surface area contributed by atoms with E-state index in [9.17, 15) is 13.2 Å². The summed E-state index contributed by atoms with van der Waals surface area (Å²) >= 11 is 3.57. The summed E-state index contributed by atoms with van der Waals surface area (Å²) in [5.74, 6) is 0.495. The molecule has 0 aromatic heterocycles. The number of hydrogen-bond donors (Lipinski definition) is 3. The summed E-state index contributed by atoms with van der Waals surface area (Å²) in [5.41, 5.74) is 3.44. The first-order valence-electron chi connectivity index (χ1n) is 13.9. The Hall–Kier alpha value is -2.17. The third kappa shape index (κ3) is 10.6. The van der Waals surface area contributed by atoms with E-state index in [1.807, 2.05) is 73.8 Å². The van der Waals surface area contributed by atoms with Crippen molar-refractivity contribution in [1.29, 1.82) is 0 Å². The van der Waals surface area contributed by atoms with E-state index in [1.54, 1.807) is 0 Å². The predicted octanol–water partition coefficient (Wildman–Crippen LogP) is 7.46. The van der Waals surface area contributed by atoms with E-state index in [0.717, 1.165) is 34.7 Å². The Morgan fingerprint density at radius 3 is 2.22 bits per heavy atom. The second-order valence-electron chi connectivity index (χ2n) is 12.8. The zero-order valence-electron chi connectivity index (χ0n) is 25.3. The van der Waals surface area contributed by atoms with Gasteiger partial charge in [-0.1, -0.05) is 78.3 Å². The number of nitrogens with one attached hydrogen (secondary N) is 2. The van der Waals surface area contributed by atoms with Gasteiger partial charge in [-0.3, -0.25) is 4.72 Å². The van der Waals surface area contributed by atoms with Crippen molar-refractivity contribution in [2.24, 2.45) is 0 Å². The summed E-state index contributed by atoms with van der Waals surface area (Å²) < 4.78 is 34.4. The van der Waals surface area contributed by atoms with Crippen molar-refractivity contribution < 1.29 is 18.0 Å². The van der Waals surface area contributed by atoms with Gasteiger partial charge in [-0.2, -0.15) is 0 Å². The van der Waals surface area contributed by atoms with E-state index in [0.29, 0.717) is 24.6 Å². The van der Waals surface area contributed by atoms with Crippen LogP contribution in [0.1, 0.15) is 56.7 Å². The van der Waals surface area contributed by atoms with Crippen LogP contribution < -0.4 is 14.8 Å². The van der Waals surface area contributed by atoms with E-state index in [1.165, 1.54) is 5.56 Å². The molecule has 0 amide bonds. The van der Waals surface area contributed by atoms with Crippen molar-refractivity contribution in [3.63, 3.8) is 0 Å². The molecule has 0 unspecified atom stereocenters. The Morgan fingerprint density at radius 1 is 0.951 bits per heavy atom. The molecule has 0 fully saturated rings. The lowest BCUT2D eigenvalue weighted by Gasteiger charge is -2.39. The van der Waals surface area contributed by atoms with Gasteiger partial charge in [0.2, 0.25) is 10.0 Å². The Labute approximate surface area is 256 Å². The van der Waals surface area contributed by atoms with Crippen LogP contribution >= 0.6 is 15.9 Å². The molecule has 0 saturated heterocycles. The molecule has 41 heavy (non-hydrogen) atoms. The molecule has 0 bridgehead atoms. The first-order chi connectivity index (χ1) is 18.9. The summed E-state index contributed by atoms with van der Waals surface area (Å²) in [6, 6.07) is 23.9. The highest BCUT2D eigenvalue weighted by molar-refractivity contribution is 9.10. The lowest BCUT2D eigenvalue weighted by atomic mass is 9.87. The van der Waals surface area contributed by atoms with Gasteiger partial charge in [-0.15, -0.1) is 0 Å². The van der Waals surface area contributed by atoms with Crippen LogP contribution in [-0.4, -0.2) is 39.9 Å². The maximum atomic E-state index is 12.3. The highest BCUT2D eigenvalue weighted by atomic mass is 79.9. The Bertz CT molecular complexity index is 1410. The number of benzene rings is 3. The number of anilines is 1. The third-order valence-electron chi connectivity index (χ3n) is 7.78. The maximum Gasteiger partial charge on any atom is 0.229 e. The monoisotopic (exact) mass is 660 g/mol. The Kier molecular flexibility index (Phi) is 10.9. The van der Waals surface area contributed by atoms with Gasteiger partial charge in [-0.05, 0) is 91.7 Å². The fourth-order valence-electron chi connectivity index (χ4n) is 4.74. The number of sulfonamides is 1. The number of ether oxygens (including phenoxy) is 1. The van der Waals surface area contributed by atoms with Crippen LogP contribution in [0.2, 0.25) is 18.1 Å². The summed E-state index contributed by atoms with van der Waals surface area (Å²) in [5, 5.41) is 3.50. The zero-order chi connectivity index (χ0) is 30.5. The number of rotatable bonds is 14. The van der Waals surface area contributed by atoms with Crippen LogP contribution in [0.3, 0.4) is 0 Å². The SMILES string of the molecule is CC(C)(Cc1cccc(Br)c1)NC[C@H](CC(C)(C)[Si](C)(C)O)c1ccc(OCc2ccccc2)c(NS(C)(=O)=O)c1. The molecule has 3 aromatic carbocycles. The van der Waals surface area contributed by atoms with Gasteiger partial charge in [0.15, 0.2) is 8.32 Å². The molecular formula is C32H45BrN2O4SSi. The fraction of sp³-hybridized carbons (Fsp3) is 0.438. The van der Waals surface area contributed by atoms with Gasteiger partial charge in [0.25, 0.3) is 0 Å². The molecule has 0 spiro atoms. The molecule has 0 radical (unpaired) electrons. The topological polar surface area (TPSA) is 87.7 Å². The van der Waals surface area contributed by atoms with Crippen LogP contribution in [0.15, 0.2) is 77.3 Å². The van der Waals surface area contributed by atoms with Gasteiger partial charge in [-0.25, -0.2) is 8.42 Å². The van der Waals surface area contributed by atoms with Crippen molar-refractivity contribution >= 4 is 40.0 Å². The lowest BCUT2D eigenvalue weighted by Crippen LogP contribution is -2.45. The van der Waals surface area contributed by atoms with Gasteiger partial charge < -0.3 is 14.8 Å². The van der Waals surface area contributed by atoms with E-state index in [4.69, 9.17) is 4.74 Å². The average Bonchev–Trinajstić information content (AvgIpc) is 2.84. The molecule has 3 N–H and O–H groups in total. The normalized spacial score (nSPS) is 13.6. The Balaban J connectivity index is 1.92. The molecule has 0 aliphatic carbocycles. The minimum atomic E-state index is -3.54. The van der Waals surface area contributed by atoms with Crippen molar-refractivity contribution in [2.75, 3.05) is 17.5 Å². The van der Waals surface area contributed by atoms with E-state index in [-0.39, 0.29) is 16.5 Å². The minimum Gasteiger partial charge on any atom is -0.487 e. The molecule has 0 aliphatic heterocycles. The maximum absolute atomic E-state index is 12.3. The predicted molar refractivity (Wildman–Crippen MR) is 177 cm³/mol. The number of hydrogen-bond acceptors (Lipinski definition) is 5. The molecule has 224 valence electrons. The molecule has 6 nitrogen and oxygen atoms in total. The van der Waals surface area contributed by atoms with Crippen LogP contribution in [0.4, 0.5) is 5.69 Å². The zero-order valence-corrected chi connectivity index (χ0v) is 28.7. The standard InChI is InChI=1S/C32H45BrN2O4SSi/c1-31(2,20-25-14-11-15-28(33)18-25)34-22-27(21-32(3,4)41(6,7)38)26-16-17-30(29(19-26)35-40(5,36)37)39-23-24-12-9-8-10-13-24/h8-19,27,34-35,38H,20-23H2,1-7H3/t27-/m0/s1. The number of halogens is 1. The van der Waals surface area contributed by atoms with Gasteiger partial charge in [0, 0.05) is 16.6 Å². The molecule has 3 rings (SSSR count). The largest absolute Gasteiger partial charge is 0.487 e. The third-order valence-corrected chi connectivity index (χ3v) is 12.4. The van der Waals surface area contributed by atoms with Gasteiger partial charge >= 0.3 is 0 Å². The van der Waals surface area contributed by atoms with Crippen molar-refractivity contribution in [1.82, 2.24) is 5.32 Å². The fourth-order valence-corrected chi connectivity index (χ4v) is 6.49. The molecule has 1 atom stereocenters. The molecule has 0 aliphatic rings. The summed E-state index contributed by atoms with van der Waals surface area (Å²) in [6.45, 7) is 13.6. The molecular weight excluding hydrogens is 616 g/mol. The smallest absolute Gasteiger partial charge is 0.229 e. The van der Waals surface area contributed by atoms with Gasteiger partial charge in [0.1, 0.15) is 12.4 Å². The van der Waals surface area contributed by atoms with E-state index < -0.39 is 18.3 Å². The summed E-state index contributed by atoms with van der Waals surface area (Å²) in [7, 11) is -6.04. The summed E-state index contributed by atoms with van der Waals surface area (Å²) in [4.78, 5) is 11.1. The Morgan fingerprint density at radius 2 is 1.61 bits per heavy atom. The van der Waals surface area contributed by atoms with Crippen molar-refractivity contribution in [3.05, 3.63) is 94.0 Å². The van der Waals surface area contributed by atoms with Crippen LogP contribution in [0.5, 0.6) is 5.75 Å². The first-order valence-corrected chi connectivity index (χ1v) is 19.6. The average molecular weight is 662 g/mol. The summed E-state index contributed by atoms with van der Waals surface area (Å²) in [6.07, 6.45) is 2.73. The van der Waals surface area contributed by atoms with Crippen molar-refractivity contribution in [2.45, 2.75) is 76.7 Å². The minimum absolute atomic E-state index is 0.0222. The second-order valence-corrected chi connectivity index (χ2v) is 20.0. The molecule has 0 heterocycles. The highest BCUT2D eigenvalue weighted by Gasteiger charge is 2.40. The van der Waals surface area contributed by atoms with Crippen molar-refractivity contribution in [3.8, 4) is 5.75 Å². The van der Waals surface area contributed by atoms with Gasteiger partial charge in [0.05, 0.1) is 11.9 Å². The molecule has 3 aromatic rings. The lowest BCUT2D eigenvalue weighted by molar-refractivity contribution is 0.307. The molecule has 9 heteroatoms. The quantitative estimate of drug-likeness (QED) is 0.156. The second kappa shape index (κ2) is 13.4. The van der Waals surface area contributed by atoms with Crippen LogP contribution in [-0.2, 0) is 23.1 Å². The van der Waals surface area contributed by atoms with Crippen LogP contribution in [0.25, 0.3) is 0 Å². The molecule has 0 saturated carbocycles. The van der Waals surface area contributed by atoms with E-state index >= 15 is 0 Å². The van der Waals surface area contributed by atoms with E-state index in [2.05, 4.69) is 65.8 Å². The highest BCUT2D eigenvalue weighted by Crippen LogP contribution is 2.45. The van der Waals surface area contributed by atoms with Crippen LogP contribution in [0, 0.1) is 0 Å².